The maximum atomic E-state index is 12.6. The summed E-state index contributed by atoms with van der Waals surface area (Å²) in [5, 5.41) is 4.99. The molecule has 0 N–H and O–H groups in total. The third kappa shape index (κ3) is 2.19. The molecule has 1 heterocycles. The minimum atomic E-state index is -3.13. The van der Waals surface area contributed by atoms with Crippen LogP contribution in [0.5, 0.6) is 0 Å². The Morgan fingerprint density at radius 1 is 1.38 bits per heavy atom. The van der Waals surface area contributed by atoms with Gasteiger partial charge in [0.1, 0.15) is 0 Å². The van der Waals surface area contributed by atoms with E-state index in [1.807, 2.05) is 24.3 Å². The van der Waals surface area contributed by atoms with E-state index in [1.54, 1.807) is 11.7 Å². The number of benzene rings is 1. The fourth-order valence-electron chi connectivity index (χ4n) is 1.59. The lowest BCUT2D eigenvalue weighted by Gasteiger charge is -2.09. The second-order valence-corrected chi connectivity index (χ2v) is 3.68. The van der Waals surface area contributed by atoms with Crippen molar-refractivity contribution in [3.8, 4) is 0 Å². The third-order valence-corrected chi connectivity index (χ3v) is 2.30. The van der Waals surface area contributed by atoms with E-state index in [4.69, 9.17) is 0 Å². The van der Waals surface area contributed by atoms with Gasteiger partial charge in [-0.3, -0.25) is 4.68 Å². The van der Waals surface area contributed by atoms with Crippen LogP contribution < -0.4 is 0 Å². The number of para-hydroxylation sites is 1. The van der Waals surface area contributed by atoms with Gasteiger partial charge in [0.05, 0.1) is 17.8 Å². The van der Waals surface area contributed by atoms with Gasteiger partial charge in [-0.1, -0.05) is 18.2 Å². The average Bonchev–Trinajstić information content (AvgIpc) is 2.53. The van der Waals surface area contributed by atoms with Gasteiger partial charge >= 0.3 is 6.11 Å². The number of halogens is 2. The van der Waals surface area contributed by atoms with Gasteiger partial charge in [0.15, 0.2) is 0 Å². The standard InChI is InChI=1S/C11H12F2N2O/c1-11(12,13)16-7-9-8-5-3-4-6-10(8)15(2)14-9/h3-6H,7H2,1-2H3. The number of aryl methyl sites for hydroxylation is 1. The molecule has 0 spiro atoms. The topological polar surface area (TPSA) is 27.1 Å². The summed E-state index contributed by atoms with van der Waals surface area (Å²) in [5.41, 5.74) is 1.43. The minimum absolute atomic E-state index is 0.190. The molecule has 0 aliphatic rings. The Morgan fingerprint density at radius 2 is 2.06 bits per heavy atom. The fourth-order valence-corrected chi connectivity index (χ4v) is 1.59. The van der Waals surface area contributed by atoms with Gasteiger partial charge in [-0.05, 0) is 6.07 Å². The first kappa shape index (κ1) is 11.0. The molecule has 0 amide bonds. The summed E-state index contributed by atoms with van der Waals surface area (Å²) >= 11 is 0. The first-order chi connectivity index (χ1) is 7.47. The molecular formula is C11H12F2N2O. The van der Waals surface area contributed by atoms with E-state index < -0.39 is 6.11 Å². The number of hydrogen-bond acceptors (Lipinski definition) is 2. The Kier molecular flexibility index (Phi) is 2.63. The summed E-state index contributed by atoms with van der Waals surface area (Å²) < 4.78 is 31.2. The van der Waals surface area contributed by atoms with Crippen molar-refractivity contribution in [2.75, 3.05) is 0 Å². The lowest BCUT2D eigenvalue weighted by molar-refractivity contribution is -0.231. The highest BCUT2D eigenvalue weighted by molar-refractivity contribution is 5.81. The second-order valence-electron chi connectivity index (χ2n) is 3.68. The van der Waals surface area contributed by atoms with E-state index in [9.17, 15) is 8.78 Å². The van der Waals surface area contributed by atoms with E-state index in [0.29, 0.717) is 5.69 Å². The zero-order chi connectivity index (χ0) is 11.8. The molecule has 0 radical (unpaired) electrons. The molecule has 2 aromatic rings. The van der Waals surface area contributed by atoms with Crippen molar-refractivity contribution in [1.82, 2.24) is 9.78 Å². The zero-order valence-electron chi connectivity index (χ0n) is 9.08. The Hall–Kier alpha value is -1.49. The quantitative estimate of drug-likeness (QED) is 0.804. The molecule has 3 nitrogen and oxygen atoms in total. The molecule has 1 aromatic carbocycles. The van der Waals surface area contributed by atoms with Crippen LogP contribution >= 0.6 is 0 Å². The van der Waals surface area contributed by atoms with Crippen LogP contribution in [0.4, 0.5) is 8.78 Å². The third-order valence-electron chi connectivity index (χ3n) is 2.30. The summed E-state index contributed by atoms with van der Waals surface area (Å²) in [6.07, 6.45) is -3.13. The summed E-state index contributed by atoms with van der Waals surface area (Å²) in [4.78, 5) is 0. The molecule has 0 fully saturated rings. The number of rotatable bonds is 3. The molecule has 86 valence electrons. The highest BCUT2D eigenvalue weighted by atomic mass is 19.3. The molecule has 0 atom stereocenters. The molecule has 0 unspecified atom stereocenters. The van der Waals surface area contributed by atoms with Crippen molar-refractivity contribution in [2.45, 2.75) is 19.6 Å². The van der Waals surface area contributed by atoms with Crippen LogP contribution in [0, 0.1) is 0 Å². The van der Waals surface area contributed by atoms with Gasteiger partial charge < -0.3 is 4.74 Å². The SMILES string of the molecule is Cn1nc(COC(C)(F)F)c2ccccc21. The molecule has 0 aliphatic carbocycles. The molecule has 0 aliphatic heterocycles. The van der Waals surface area contributed by atoms with Crippen LogP contribution in [0.1, 0.15) is 12.6 Å². The van der Waals surface area contributed by atoms with Gasteiger partial charge in [-0.2, -0.15) is 13.9 Å². The van der Waals surface area contributed by atoms with Gasteiger partial charge in [0.2, 0.25) is 0 Å². The van der Waals surface area contributed by atoms with Crippen molar-refractivity contribution in [1.29, 1.82) is 0 Å². The minimum Gasteiger partial charge on any atom is -0.314 e. The van der Waals surface area contributed by atoms with E-state index in [-0.39, 0.29) is 6.61 Å². The van der Waals surface area contributed by atoms with E-state index >= 15 is 0 Å². The Labute approximate surface area is 91.6 Å². The van der Waals surface area contributed by atoms with Gasteiger partial charge in [0, 0.05) is 19.4 Å². The normalized spacial score (nSPS) is 12.2. The number of alkyl halides is 2. The summed E-state index contributed by atoms with van der Waals surface area (Å²) in [6.45, 7) is 0.531. The predicted molar refractivity (Wildman–Crippen MR) is 56.1 cm³/mol. The molecule has 0 bridgehead atoms. The van der Waals surface area contributed by atoms with Crippen molar-refractivity contribution in [3.05, 3.63) is 30.0 Å². The first-order valence-electron chi connectivity index (χ1n) is 4.90. The Bertz CT molecular complexity index is 502. The van der Waals surface area contributed by atoms with Gasteiger partial charge in [-0.25, -0.2) is 0 Å². The Morgan fingerprint density at radius 3 is 2.75 bits per heavy atom. The van der Waals surface area contributed by atoms with Crippen LogP contribution in [-0.4, -0.2) is 15.9 Å². The number of ether oxygens (including phenoxy) is 1. The molecule has 1 aromatic heterocycles. The maximum Gasteiger partial charge on any atom is 0.353 e. The first-order valence-corrected chi connectivity index (χ1v) is 4.90. The number of aromatic nitrogens is 2. The highest BCUT2D eigenvalue weighted by Crippen LogP contribution is 2.21. The maximum absolute atomic E-state index is 12.6. The predicted octanol–water partition coefficient (Wildman–Crippen LogP) is 2.70. The van der Waals surface area contributed by atoms with Crippen LogP contribution in [0.2, 0.25) is 0 Å². The fraction of sp³-hybridized carbons (Fsp3) is 0.364. The largest absolute Gasteiger partial charge is 0.353 e. The monoisotopic (exact) mass is 226 g/mol. The van der Waals surface area contributed by atoms with Crippen molar-refractivity contribution in [3.63, 3.8) is 0 Å². The van der Waals surface area contributed by atoms with Gasteiger partial charge in [0.25, 0.3) is 0 Å². The van der Waals surface area contributed by atoms with Crippen molar-refractivity contribution < 1.29 is 13.5 Å². The summed E-state index contributed by atoms with van der Waals surface area (Å²) in [7, 11) is 1.77. The zero-order valence-corrected chi connectivity index (χ0v) is 9.08. The van der Waals surface area contributed by atoms with E-state index in [1.165, 1.54) is 0 Å². The van der Waals surface area contributed by atoms with Crippen LogP contribution in [-0.2, 0) is 18.4 Å². The smallest absolute Gasteiger partial charge is 0.314 e. The highest BCUT2D eigenvalue weighted by Gasteiger charge is 2.22. The molecule has 0 saturated carbocycles. The Balaban J connectivity index is 2.31. The van der Waals surface area contributed by atoms with E-state index in [2.05, 4.69) is 9.84 Å². The summed E-state index contributed by atoms with van der Waals surface area (Å²) in [5.74, 6) is 0. The lowest BCUT2D eigenvalue weighted by atomic mass is 10.2. The van der Waals surface area contributed by atoms with Crippen molar-refractivity contribution in [2.24, 2.45) is 7.05 Å². The van der Waals surface area contributed by atoms with E-state index in [0.717, 1.165) is 17.8 Å². The lowest BCUT2D eigenvalue weighted by Crippen LogP contribution is -2.15. The number of fused-ring (bicyclic) bond motifs is 1. The van der Waals surface area contributed by atoms with Crippen LogP contribution in [0.3, 0.4) is 0 Å². The number of nitrogens with zero attached hydrogens (tertiary/aromatic N) is 2. The van der Waals surface area contributed by atoms with Gasteiger partial charge in [-0.15, -0.1) is 0 Å². The van der Waals surface area contributed by atoms with Crippen molar-refractivity contribution >= 4 is 10.9 Å². The molecular weight excluding hydrogens is 214 g/mol. The average molecular weight is 226 g/mol. The second kappa shape index (κ2) is 3.83. The molecule has 0 saturated heterocycles. The number of hydrogen-bond donors (Lipinski definition) is 0. The van der Waals surface area contributed by atoms with Crippen LogP contribution in [0.25, 0.3) is 10.9 Å². The molecule has 5 heteroatoms. The molecule has 2 rings (SSSR count). The molecule has 16 heavy (non-hydrogen) atoms. The van der Waals surface area contributed by atoms with Crippen LogP contribution in [0.15, 0.2) is 24.3 Å². The summed E-state index contributed by atoms with van der Waals surface area (Å²) in [6, 6.07) is 7.45.